The van der Waals surface area contributed by atoms with Crippen molar-refractivity contribution in [2.45, 2.75) is 38.2 Å². The Morgan fingerprint density at radius 2 is 2.07 bits per heavy atom. The molecule has 80 valence electrons. The second-order valence-corrected chi connectivity index (χ2v) is 4.09. The van der Waals surface area contributed by atoms with Gasteiger partial charge in [0.1, 0.15) is 11.4 Å². The Labute approximate surface area is 92.8 Å². The highest BCUT2D eigenvalue weighted by atomic mass is 79.9. The fourth-order valence-electron chi connectivity index (χ4n) is 1.30. The van der Waals surface area contributed by atoms with Crippen LogP contribution in [0.2, 0.25) is 0 Å². The first-order chi connectivity index (χ1) is 6.56. The molecule has 1 aromatic rings. The minimum atomic E-state index is -0.385. The van der Waals surface area contributed by atoms with Crippen LogP contribution >= 0.6 is 15.9 Å². The zero-order chi connectivity index (χ0) is 10.8. The number of hydrogen-bond donors (Lipinski definition) is 0. The smallest absolute Gasteiger partial charge is 0.164 e. The summed E-state index contributed by atoms with van der Waals surface area (Å²) < 4.78 is 7.45. The van der Waals surface area contributed by atoms with E-state index < -0.39 is 0 Å². The molecule has 0 saturated carbocycles. The van der Waals surface area contributed by atoms with Crippen LogP contribution in [-0.4, -0.2) is 21.9 Å². The minimum Gasteiger partial charge on any atom is -0.371 e. The fraction of sp³-hybridized carbons (Fsp3) is 0.778. The van der Waals surface area contributed by atoms with E-state index in [1.165, 1.54) is 0 Å². The minimum absolute atomic E-state index is 0.385. The molecule has 4 nitrogen and oxygen atoms in total. The molecule has 0 N–H and O–H groups in total. The van der Waals surface area contributed by atoms with Crippen LogP contribution in [-0.2, 0) is 22.2 Å². The summed E-state index contributed by atoms with van der Waals surface area (Å²) in [5.74, 6) is 1.81. The number of alkyl halides is 1. The highest BCUT2D eigenvalue weighted by Gasteiger charge is 2.27. The summed E-state index contributed by atoms with van der Waals surface area (Å²) in [6.07, 6.45) is 0. The highest BCUT2D eigenvalue weighted by molar-refractivity contribution is 9.08. The molecule has 0 atom stereocenters. The molecule has 1 aromatic heterocycles. The summed E-state index contributed by atoms with van der Waals surface area (Å²) in [6.45, 7) is 6.91. The average Bonchev–Trinajstić information content (AvgIpc) is 2.60. The molecule has 0 spiro atoms. The third-order valence-electron chi connectivity index (χ3n) is 2.31. The van der Waals surface area contributed by atoms with E-state index in [2.05, 4.69) is 37.6 Å². The van der Waals surface area contributed by atoms with E-state index in [4.69, 9.17) is 4.74 Å². The van der Waals surface area contributed by atoms with Crippen LogP contribution in [0.1, 0.15) is 32.4 Å². The molecule has 0 aliphatic carbocycles. The van der Waals surface area contributed by atoms with Crippen LogP contribution in [0.3, 0.4) is 0 Å². The van der Waals surface area contributed by atoms with E-state index in [1.807, 2.05) is 13.8 Å². The second-order valence-electron chi connectivity index (χ2n) is 3.53. The SMILES string of the molecule is CCn1c(CBr)nnc1C(C)(C)OC. The molecule has 1 rings (SSSR count). The number of ether oxygens (including phenoxy) is 1. The Bertz CT molecular complexity index is 309. The van der Waals surface area contributed by atoms with Crippen LogP contribution in [0, 0.1) is 0 Å². The Morgan fingerprint density at radius 3 is 2.50 bits per heavy atom. The summed E-state index contributed by atoms with van der Waals surface area (Å²) in [7, 11) is 1.68. The third-order valence-corrected chi connectivity index (χ3v) is 2.81. The van der Waals surface area contributed by atoms with E-state index >= 15 is 0 Å². The largest absolute Gasteiger partial charge is 0.371 e. The van der Waals surface area contributed by atoms with Crippen molar-refractivity contribution in [2.24, 2.45) is 0 Å². The molecule has 0 aromatic carbocycles. The molecule has 0 unspecified atom stereocenters. The first kappa shape index (κ1) is 11.7. The van der Waals surface area contributed by atoms with Crippen molar-refractivity contribution in [3.63, 3.8) is 0 Å². The lowest BCUT2D eigenvalue weighted by Crippen LogP contribution is -2.25. The number of aromatic nitrogens is 3. The zero-order valence-corrected chi connectivity index (χ0v) is 10.6. The molecule has 0 radical (unpaired) electrons. The summed E-state index contributed by atoms with van der Waals surface area (Å²) in [5, 5.41) is 8.98. The molecular formula is C9H16BrN3O. The van der Waals surface area contributed by atoms with Gasteiger partial charge in [-0.1, -0.05) is 15.9 Å². The van der Waals surface area contributed by atoms with Crippen molar-refractivity contribution in [1.82, 2.24) is 14.8 Å². The molecule has 0 bridgehead atoms. The Hall–Kier alpha value is -0.420. The van der Waals surface area contributed by atoms with E-state index in [0.717, 1.165) is 18.2 Å². The molecule has 5 heteroatoms. The van der Waals surface area contributed by atoms with Crippen LogP contribution in [0.25, 0.3) is 0 Å². The van der Waals surface area contributed by atoms with Gasteiger partial charge >= 0.3 is 0 Å². The zero-order valence-electron chi connectivity index (χ0n) is 9.04. The highest BCUT2D eigenvalue weighted by Crippen LogP contribution is 2.23. The van der Waals surface area contributed by atoms with E-state index in [9.17, 15) is 0 Å². The van der Waals surface area contributed by atoms with Crippen molar-refractivity contribution in [3.8, 4) is 0 Å². The van der Waals surface area contributed by atoms with Crippen LogP contribution < -0.4 is 0 Å². The molecule has 1 heterocycles. The molecule has 0 amide bonds. The van der Waals surface area contributed by atoms with Crippen molar-refractivity contribution in [1.29, 1.82) is 0 Å². The molecular weight excluding hydrogens is 246 g/mol. The van der Waals surface area contributed by atoms with Gasteiger partial charge in [0.25, 0.3) is 0 Å². The maximum Gasteiger partial charge on any atom is 0.164 e. The third kappa shape index (κ3) is 1.98. The van der Waals surface area contributed by atoms with Crippen molar-refractivity contribution >= 4 is 15.9 Å². The quantitative estimate of drug-likeness (QED) is 0.780. The number of hydrogen-bond acceptors (Lipinski definition) is 3. The van der Waals surface area contributed by atoms with Gasteiger partial charge in [0.2, 0.25) is 0 Å². The van der Waals surface area contributed by atoms with E-state index in [1.54, 1.807) is 7.11 Å². The molecule has 0 saturated heterocycles. The first-order valence-corrected chi connectivity index (χ1v) is 5.72. The number of halogens is 1. The van der Waals surface area contributed by atoms with Gasteiger partial charge in [0.15, 0.2) is 5.82 Å². The van der Waals surface area contributed by atoms with E-state index in [-0.39, 0.29) is 5.60 Å². The number of methoxy groups -OCH3 is 1. The maximum atomic E-state index is 5.39. The summed E-state index contributed by atoms with van der Waals surface area (Å²) in [4.78, 5) is 0. The number of nitrogens with zero attached hydrogens (tertiary/aromatic N) is 3. The standard InChI is InChI=1S/C9H16BrN3O/c1-5-13-7(6-10)11-12-8(13)9(2,3)14-4/h5-6H2,1-4H3. The summed E-state index contributed by atoms with van der Waals surface area (Å²) in [6, 6.07) is 0. The average molecular weight is 262 g/mol. The lowest BCUT2D eigenvalue weighted by atomic mass is 10.1. The Kier molecular flexibility index (Phi) is 3.66. The summed E-state index contributed by atoms with van der Waals surface area (Å²) in [5.41, 5.74) is -0.385. The summed E-state index contributed by atoms with van der Waals surface area (Å²) >= 11 is 3.39. The maximum absolute atomic E-state index is 5.39. The monoisotopic (exact) mass is 261 g/mol. The molecule has 0 aliphatic rings. The fourth-order valence-corrected chi connectivity index (χ4v) is 1.72. The Balaban J connectivity index is 3.15. The van der Waals surface area contributed by atoms with Crippen LogP contribution in [0.5, 0.6) is 0 Å². The van der Waals surface area contributed by atoms with Crippen molar-refractivity contribution in [3.05, 3.63) is 11.6 Å². The van der Waals surface area contributed by atoms with Gasteiger partial charge in [-0.2, -0.15) is 0 Å². The van der Waals surface area contributed by atoms with Gasteiger partial charge in [-0.3, -0.25) is 0 Å². The molecule has 0 aliphatic heterocycles. The van der Waals surface area contributed by atoms with Crippen molar-refractivity contribution < 1.29 is 4.74 Å². The van der Waals surface area contributed by atoms with Gasteiger partial charge in [0, 0.05) is 13.7 Å². The van der Waals surface area contributed by atoms with Gasteiger partial charge < -0.3 is 9.30 Å². The van der Waals surface area contributed by atoms with E-state index in [0.29, 0.717) is 5.33 Å². The van der Waals surface area contributed by atoms with Gasteiger partial charge in [0.05, 0.1) is 5.33 Å². The predicted molar refractivity (Wildman–Crippen MR) is 58.4 cm³/mol. The van der Waals surface area contributed by atoms with Gasteiger partial charge in [-0.05, 0) is 20.8 Å². The van der Waals surface area contributed by atoms with Gasteiger partial charge in [-0.15, -0.1) is 10.2 Å². The molecule has 0 fully saturated rings. The van der Waals surface area contributed by atoms with Gasteiger partial charge in [-0.25, -0.2) is 0 Å². The topological polar surface area (TPSA) is 39.9 Å². The van der Waals surface area contributed by atoms with Crippen molar-refractivity contribution in [2.75, 3.05) is 7.11 Å². The van der Waals surface area contributed by atoms with Crippen LogP contribution in [0.15, 0.2) is 0 Å². The first-order valence-electron chi connectivity index (χ1n) is 4.60. The number of rotatable bonds is 4. The normalized spacial score (nSPS) is 12.1. The second kappa shape index (κ2) is 4.40. The molecule has 14 heavy (non-hydrogen) atoms. The van der Waals surface area contributed by atoms with Crippen LogP contribution in [0.4, 0.5) is 0 Å². The lowest BCUT2D eigenvalue weighted by molar-refractivity contribution is 0.00824. The lowest BCUT2D eigenvalue weighted by Gasteiger charge is -2.22. The Morgan fingerprint density at radius 1 is 1.43 bits per heavy atom. The predicted octanol–water partition coefficient (Wildman–Crippen LogP) is 2.07.